The molecule has 8 heteroatoms. The fourth-order valence-corrected chi connectivity index (χ4v) is 5.05. The van der Waals surface area contributed by atoms with E-state index in [1.54, 1.807) is 16.3 Å². The maximum Gasteiger partial charge on any atom is 0.228 e. The third-order valence-electron chi connectivity index (χ3n) is 6.73. The van der Waals surface area contributed by atoms with Crippen LogP contribution in [-0.2, 0) is 6.42 Å². The van der Waals surface area contributed by atoms with Gasteiger partial charge in [0.05, 0.1) is 12.4 Å². The van der Waals surface area contributed by atoms with Crippen LogP contribution in [0.25, 0.3) is 22.6 Å². The highest BCUT2D eigenvalue weighted by Crippen LogP contribution is 2.42. The van der Waals surface area contributed by atoms with E-state index in [1.807, 2.05) is 6.20 Å². The maximum absolute atomic E-state index is 13.9. The zero-order valence-electron chi connectivity index (χ0n) is 19.2. The number of allylic oxidation sites excluding steroid dienone is 1. The van der Waals surface area contributed by atoms with Gasteiger partial charge in [0.2, 0.25) is 5.95 Å². The summed E-state index contributed by atoms with van der Waals surface area (Å²) in [6, 6.07) is 10.4. The zero-order chi connectivity index (χ0) is 22.5. The molecule has 0 radical (unpaired) electrons. The molecule has 0 amide bonds. The largest absolute Gasteiger partial charge is 0.351 e. The van der Waals surface area contributed by atoms with Gasteiger partial charge in [-0.05, 0) is 54.4 Å². The first-order valence-electron chi connectivity index (χ1n) is 11.5. The Morgan fingerprint density at radius 3 is 2.79 bits per heavy atom. The van der Waals surface area contributed by atoms with E-state index in [0.29, 0.717) is 17.3 Å². The number of benzene rings is 1. The first-order valence-corrected chi connectivity index (χ1v) is 11.5. The van der Waals surface area contributed by atoms with Crippen LogP contribution < -0.4 is 5.32 Å². The molecule has 3 heterocycles. The van der Waals surface area contributed by atoms with Crippen LogP contribution in [0.5, 0.6) is 0 Å². The van der Waals surface area contributed by atoms with E-state index in [9.17, 15) is 4.39 Å². The van der Waals surface area contributed by atoms with Crippen molar-refractivity contribution in [3.8, 4) is 11.4 Å². The Bertz CT molecular complexity index is 1410. The second kappa shape index (κ2) is 8.83. The molecule has 4 aromatic rings. The molecular formula is C26H27FN6S. The van der Waals surface area contributed by atoms with Crippen LogP contribution in [0.2, 0.25) is 0 Å². The smallest absolute Gasteiger partial charge is 0.228 e. The van der Waals surface area contributed by atoms with Crippen molar-refractivity contribution in [2.75, 3.05) is 5.32 Å². The fraction of sp³-hybridized carbons (Fsp3) is 0.308. The third-order valence-corrected chi connectivity index (χ3v) is 6.73. The summed E-state index contributed by atoms with van der Waals surface area (Å²) in [7, 11) is 0. The van der Waals surface area contributed by atoms with Gasteiger partial charge < -0.3 is 5.32 Å². The lowest BCUT2D eigenvalue weighted by atomic mass is 9.88. The van der Waals surface area contributed by atoms with Crippen LogP contribution in [0.4, 0.5) is 10.3 Å². The SMILES string of the molecule is CC(C)c1cnn2c(N[C@H]3CCC4=C(C3)c3ccccc3C4)nc(-c3cncc(F)c3)nc12.S. The van der Waals surface area contributed by atoms with Crippen molar-refractivity contribution in [2.45, 2.75) is 51.5 Å². The lowest BCUT2D eigenvalue weighted by Gasteiger charge is -2.26. The van der Waals surface area contributed by atoms with Gasteiger partial charge in [-0.25, -0.2) is 9.37 Å². The standard InChI is InChI=1S/C26H25FN6.H2S/c1-15(2)23-14-29-33-25(23)31-24(18-10-19(27)13-28-12-18)32-26(33)30-20-8-7-17-9-16-5-3-4-6-21(16)22(17)11-20;/h3-6,10,12-15,20H,7-9,11H2,1-2H3,(H,30,31,32);1H2/t20-;/m0./s1. The highest BCUT2D eigenvalue weighted by molar-refractivity contribution is 7.59. The monoisotopic (exact) mass is 474 g/mol. The Morgan fingerprint density at radius 2 is 1.97 bits per heavy atom. The summed E-state index contributed by atoms with van der Waals surface area (Å²) in [6.45, 7) is 4.23. The predicted octanol–water partition coefficient (Wildman–Crippen LogP) is 5.54. The second-order valence-electron chi connectivity index (χ2n) is 9.25. The summed E-state index contributed by atoms with van der Waals surface area (Å²) in [5.41, 5.74) is 8.18. The second-order valence-corrected chi connectivity index (χ2v) is 9.25. The number of halogens is 1. The highest BCUT2D eigenvalue weighted by Gasteiger charge is 2.29. The third kappa shape index (κ3) is 3.86. The van der Waals surface area contributed by atoms with E-state index in [2.05, 4.69) is 53.5 Å². The molecule has 0 spiro atoms. The molecule has 1 atom stereocenters. The van der Waals surface area contributed by atoms with Crippen LogP contribution in [-0.4, -0.2) is 30.6 Å². The van der Waals surface area contributed by atoms with E-state index < -0.39 is 5.82 Å². The summed E-state index contributed by atoms with van der Waals surface area (Å²) in [4.78, 5) is 13.5. The minimum absolute atomic E-state index is 0. The van der Waals surface area contributed by atoms with Gasteiger partial charge in [0.25, 0.3) is 0 Å². The number of pyridine rings is 1. The zero-order valence-corrected chi connectivity index (χ0v) is 20.2. The van der Waals surface area contributed by atoms with Gasteiger partial charge in [0.15, 0.2) is 11.5 Å². The number of hydrogen-bond acceptors (Lipinski definition) is 5. The van der Waals surface area contributed by atoms with E-state index in [0.717, 1.165) is 36.9 Å². The van der Waals surface area contributed by atoms with Crippen LogP contribution in [0.3, 0.4) is 0 Å². The minimum Gasteiger partial charge on any atom is -0.351 e. The molecule has 0 fully saturated rings. The molecule has 2 aliphatic carbocycles. The topological polar surface area (TPSA) is 68.0 Å². The van der Waals surface area contributed by atoms with Crippen molar-refractivity contribution in [2.24, 2.45) is 0 Å². The molecule has 1 aromatic carbocycles. The number of rotatable bonds is 4. The molecule has 3 aromatic heterocycles. The van der Waals surface area contributed by atoms with Crippen molar-refractivity contribution in [1.82, 2.24) is 24.6 Å². The van der Waals surface area contributed by atoms with E-state index in [4.69, 9.17) is 9.97 Å². The quantitative estimate of drug-likeness (QED) is 0.421. The Kier molecular flexibility index (Phi) is 5.85. The van der Waals surface area contributed by atoms with Gasteiger partial charge in [0, 0.05) is 23.4 Å². The van der Waals surface area contributed by atoms with Crippen molar-refractivity contribution in [3.05, 3.63) is 77.0 Å². The van der Waals surface area contributed by atoms with E-state index >= 15 is 0 Å². The molecule has 0 unspecified atom stereocenters. The molecule has 34 heavy (non-hydrogen) atoms. The number of nitrogens with one attached hydrogen (secondary N) is 1. The first kappa shape index (κ1) is 22.5. The number of anilines is 1. The summed E-state index contributed by atoms with van der Waals surface area (Å²) in [5, 5.41) is 8.23. The average Bonchev–Trinajstić information content (AvgIpc) is 3.41. The number of hydrogen-bond donors (Lipinski definition) is 1. The van der Waals surface area contributed by atoms with Crippen molar-refractivity contribution >= 4 is 30.7 Å². The van der Waals surface area contributed by atoms with E-state index in [-0.39, 0.29) is 25.5 Å². The molecule has 0 saturated heterocycles. The first-order chi connectivity index (χ1) is 16.1. The van der Waals surface area contributed by atoms with Gasteiger partial charge >= 0.3 is 0 Å². The molecule has 6 nitrogen and oxygen atoms in total. The van der Waals surface area contributed by atoms with Gasteiger partial charge in [-0.3, -0.25) is 4.98 Å². The van der Waals surface area contributed by atoms with Gasteiger partial charge in [-0.2, -0.15) is 28.1 Å². The molecule has 174 valence electrons. The molecule has 0 saturated carbocycles. The number of nitrogens with zero attached hydrogens (tertiary/aromatic N) is 5. The number of fused-ring (bicyclic) bond motifs is 3. The van der Waals surface area contributed by atoms with Crippen LogP contribution in [0.1, 0.15) is 55.7 Å². The summed E-state index contributed by atoms with van der Waals surface area (Å²) < 4.78 is 15.7. The molecule has 0 bridgehead atoms. The van der Waals surface area contributed by atoms with E-state index in [1.165, 1.54) is 29.0 Å². The Balaban J connectivity index is 0.00000241. The van der Waals surface area contributed by atoms with Crippen LogP contribution >= 0.6 is 13.5 Å². The lowest BCUT2D eigenvalue weighted by molar-refractivity contribution is 0.621. The van der Waals surface area contributed by atoms with Gasteiger partial charge in [0.1, 0.15) is 5.82 Å². The Labute approximate surface area is 204 Å². The average molecular weight is 475 g/mol. The fourth-order valence-electron chi connectivity index (χ4n) is 5.05. The van der Waals surface area contributed by atoms with Crippen molar-refractivity contribution < 1.29 is 4.39 Å². The summed E-state index contributed by atoms with van der Waals surface area (Å²) in [5.74, 6) is 0.920. The molecular weight excluding hydrogens is 447 g/mol. The maximum atomic E-state index is 13.9. The minimum atomic E-state index is -0.408. The molecule has 1 N–H and O–H groups in total. The Morgan fingerprint density at radius 1 is 1.12 bits per heavy atom. The Hall–Kier alpha value is -3.26. The number of aromatic nitrogens is 5. The predicted molar refractivity (Wildman–Crippen MR) is 137 cm³/mol. The van der Waals surface area contributed by atoms with Gasteiger partial charge in [-0.15, -0.1) is 0 Å². The highest BCUT2D eigenvalue weighted by atomic mass is 32.1. The summed E-state index contributed by atoms with van der Waals surface area (Å²) >= 11 is 0. The van der Waals surface area contributed by atoms with Gasteiger partial charge in [-0.1, -0.05) is 43.7 Å². The van der Waals surface area contributed by atoms with Crippen molar-refractivity contribution in [3.63, 3.8) is 0 Å². The molecule has 0 aliphatic heterocycles. The normalized spacial score (nSPS) is 17.0. The lowest BCUT2D eigenvalue weighted by Crippen LogP contribution is -2.25. The molecule has 6 rings (SSSR count). The molecule has 2 aliphatic rings. The van der Waals surface area contributed by atoms with Crippen LogP contribution in [0, 0.1) is 5.82 Å². The summed E-state index contributed by atoms with van der Waals surface area (Å²) in [6.07, 6.45) is 8.77. The van der Waals surface area contributed by atoms with Crippen molar-refractivity contribution in [1.29, 1.82) is 0 Å². The van der Waals surface area contributed by atoms with Crippen LogP contribution in [0.15, 0.2) is 54.5 Å².